The van der Waals surface area contributed by atoms with Gasteiger partial charge >= 0.3 is 0 Å². The minimum atomic E-state index is 0.356. The second-order valence-electron chi connectivity index (χ2n) is 7.26. The van der Waals surface area contributed by atoms with Crippen LogP contribution in [0, 0.1) is 5.92 Å². The van der Waals surface area contributed by atoms with E-state index in [9.17, 15) is 0 Å². The predicted octanol–water partition coefficient (Wildman–Crippen LogP) is 3.21. The Morgan fingerprint density at radius 3 is 2.40 bits per heavy atom. The third-order valence-corrected chi connectivity index (χ3v) is 5.08. The molecule has 0 spiro atoms. The van der Waals surface area contributed by atoms with E-state index < -0.39 is 0 Å². The molecule has 3 aliphatic rings. The minimum Gasteiger partial charge on any atom is -0.494 e. The van der Waals surface area contributed by atoms with Crippen LogP contribution in [0.4, 0.5) is 0 Å². The number of epoxide rings is 2. The van der Waals surface area contributed by atoms with Gasteiger partial charge in [-0.1, -0.05) is 0 Å². The van der Waals surface area contributed by atoms with Crippen molar-refractivity contribution >= 4 is 0 Å². The van der Waals surface area contributed by atoms with Crippen LogP contribution in [0.2, 0.25) is 0 Å². The van der Waals surface area contributed by atoms with Crippen LogP contribution < -0.4 is 9.47 Å². The number of ether oxygens (including phenoxy) is 5. The van der Waals surface area contributed by atoms with E-state index in [0.717, 1.165) is 57.2 Å². The summed E-state index contributed by atoms with van der Waals surface area (Å²) in [5.41, 5.74) is 0. The van der Waals surface area contributed by atoms with Crippen molar-refractivity contribution in [3.05, 3.63) is 24.3 Å². The zero-order valence-electron chi connectivity index (χ0n) is 14.7. The maximum Gasteiger partial charge on any atom is 0.119 e. The molecular formula is C20H28O5. The van der Waals surface area contributed by atoms with Gasteiger partial charge in [0.2, 0.25) is 0 Å². The molecule has 1 aromatic rings. The second kappa shape index (κ2) is 8.39. The van der Waals surface area contributed by atoms with Gasteiger partial charge in [-0.25, -0.2) is 0 Å². The van der Waals surface area contributed by atoms with E-state index in [1.54, 1.807) is 0 Å². The Kier molecular flexibility index (Phi) is 5.75. The predicted molar refractivity (Wildman–Crippen MR) is 93.2 cm³/mol. The number of hydrogen-bond donors (Lipinski definition) is 0. The molecule has 2 aliphatic heterocycles. The molecule has 25 heavy (non-hydrogen) atoms. The lowest BCUT2D eigenvalue weighted by Gasteiger charge is -2.19. The highest BCUT2D eigenvalue weighted by Crippen LogP contribution is 2.39. The molecule has 2 saturated heterocycles. The molecule has 0 radical (unpaired) electrons. The summed E-state index contributed by atoms with van der Waals surface area (Å²) < 4.78 is 27.9. The van der Waals surface area contributed by atoms with E-state index in [0.29, 0.717) is 30.8 Å². The SMILES string of the molecule is c1cc(OCC2CCC3OC3C2)ccc1OCCCCOCC1CO1. The van der Waals surface area contributed by atoms with E-state index in [1.165, 1.54) is 12.8 Å². The fourth-order valence-corrected chi connectivity index (χ4v) is 3.36. The van der Waals surface area contributed by atoms with Gasteiger partial charge < -0.3 is 23.7 Å². The molecule has 0 bridgehead atoms. The molecule has 5 heteroatoms. The van der Waals surface area contributed by atoms with Gasteiger partial charge in [-0.15, -0.1) is 0 Å². The van der Waals surface area contributed by atoms with Crippen molar-refractivity contribution in [2.75, 3.05) is 33.0 Å². The third-order valence-electron chi connectivity index (χ3n) is 5.08. The normalized spacial score (nSPS) is 29.8. The molecule has 4 rings (SSSR count). The maximum absolute atomic E-state index is 5.92. The first kappa shape index (κ1) is 17.1. The molecule has 3 fully saturated rings. The molecule has 138 valence electrons. The molecule has 1 aromatic carbocycles. The topological polar surface area (TPSA) is 52.8 Å². The molecular weight excluding hydrogens is 320 g/mol. The van der Waals surface area contributed by atoms with Crippen LogP contribution in [-0.4, -0.2) is 51.3 Å². The summed E-state index contributed by atoms with van der Waals surface area (Å²) in [6, 6.07) is 7.95. The first-order valence-corrected chi connectivity index (χ1v) is 9.57. The van der Waals surface area contributed by atoms with Crippen molar-refractivity contribution in [1.29, 1.82) is 0 Å². The van der Waals surface area contributed by atoms with Gasteiger partial charge in [-0.05, 0) is 62.3 Å². The average Bonchev–Trinajstić information content (AvgIpc) is 3.54. The van der Waals surface area contributed by atoms with Crippen molar-refractivity contribution < 1.29 is 23.7 Å². The molecule has 4 unspecified atom stereocenters. The average molecular weight is 348 g/mol. The maximum atomic E-state index is 5.92. The van der Waals surface area contributed by atoms with Crippen LogP contribution in [0.25, 0.3) is 0 Å². The lowest BCUT2D eigenvalue weighted by Crippen LogP contribution is -2.19. The van der Waals surface area contributed by atoms with Crippen LogP contribution in [0.15, 0.2) is 24.3 Å². The van der Waals surface area contributed by atoms with Gasteiger partial charge in [-0.3, -0.25) is 0 Å². The van der Waals surface area contributed by atoms with Crippen LogP contribution >= 0.6 is 0 Å². The van der Waals surface area contributed by atoms with Gasteiger partial charge in [0.1, 0.15) is 17.6 Å². The third kappa shape index (κ3) is 5.59. The van der Waals surface area contributed by atoms with Crippen molar-refractivity contribution in [1.82, 2.24) is 0 Å². The van der Waals surface area contributed by atoms with Crippen LogP contribution in [0.5, 0.6) is 11.5 Å². The zero-order chi connectivity index (χ0) is 16.9. The Labute approximate surface area is 149 Å². The Bertz CT molecular complexity index is 527. The largest absolute Gasteiger partial charge is 0.494 e. The highest BCUT2D eigenvalue weighted by Gasteiger charge is 2.43. The summed E-state index contributed by atoms with van der Waals surface area (Å²) in [7, 11) is 0. The monoisotopic (exact) mass is 348 g/mol. The number of hydrogen-bond acceptors (Lipinski definition) is 5. The van der Waals surface area contributed by atoms with Gasteiger partial charge in [0.15, 0.2) is 0 Å². The molecule has 2 heterocycles. The van der Waals surface area contributed by atoms with E-state index in [1.807, 2.05) is 24.3 Å². The summed E-state index contributed by atoms with van der Waals surface area (Å²) >= 11 is 0. The van der Waals surface area contributed by atoms with Crippen molar-refractivity contribution in [2.24, 2.45) is 5.92 Å². The Morgan fingerprint density at radius 2 is 1.64 bits per heavy atom. The van der Waals surface area contributed by atoms with Gasteiger partial charge in [0.25, 0.3) is 0 Å². The molecule has 1 aliphatic carbocycles. The quantitative estimate of drug-likeness (QED) is 0.454. The van der Waals surface area contributed by atoms with Crippen LogP contribution in [0.3, 0.4) is 0 Å². The van der Waals surface area contributed by atoms with Crippen LogP contribution in [-0.2, 0) is 14.2 Å². The molecule has 1 saturated carbocycles. The Balaban J connectivity index is 1.06. The zero-order valence-corrected chi connectivity index (χ0v) is 14.7. The van der Waals surface area contributed by atoms with Crippen molar-refractivity contribution in [3.8, 4) is 11.5 Å². The summed E-state index contributed by atoms with van der Waals surface area (Å²) in [4.78, 5) is 0. The van der Waals surface area contributed by atoms with E-state index >= 15 is 0 Å². The standard InChI is InChI=1S/C20H28O5/c1(9-21-13-18-14-24-18)2-10-22-16-4-6-17(7-5-16)23-12-15-3-8-19-20(11-15)25-19/h4-7,15,18-20H,1-3,8-14H2. The fraction of sp³-hybridized carbons (Fsp3) is 0.700. The van der Waals surface area contributed by atoms with Crippen molar-refractivity contribution in [2.45, 2.75) is 50.4 Å². The Morgan fingerprint density at radius 1 is 0.880 bits per heavy atom. The first-order chi connectivity index (χ1) is 12.4. The molecule has 0 N–H and O–H groups in total. The van der Waals surface area contributed by atoms with Gasteiger partial charge in [0.05, 0.1) is 38.6 Å². The first-order valence-electron chi connectivity index (χ1n) is 9.57. The summed E-state index contributed by atoms with van der Waals surface area (Å²) in [6.45, 7) is 3.88. The van der Waals surface area contributed by atoms with Gasteiger partial charge in [-0.2, -0.15) is 0 Å². The van der Waals surface area contributed by atoms with Crippen molar-refractivity contribution in [3.63, 3.8) is 0 Å². The molecule has 5 nitrogen and oxygen atoms in total. The summed E-state index contributed by atoms with van der Waals surface area (Å²) in [5.74, 6) is 2.45. The number of unbranched alkanes of at least 4 members (excludes halogenated alkanes) is 1. The summed E-state index contributed by atoms with van der Waals surface area (Å²) in [6.07, 6.45) is 7.02. The second-order valence-corrected chi connectivity index (χ2v) is 7.26. The number of fused-ring (bicyclic) bond motifs is 1. The smallest absolute Gasteiger partial charge is 0.119 e. The highest BCUT2D eigenvalue weighted by molar-refractivity contribution is 5.31. The molecule has 4 atom stereocenters. The highest BCUT2D eigenvalue weighted by atomic mass is 16.6. The minimum absolute atomic E-state index is 0.356. The van der Waals surface area contributed by atoms with E-state index in [4.69, 9.17) is 23.7 Å². The lowest BCUT2D eigenvalue weighted by atomic mass is 9.90. The fourth-order valence-electron chi connectivity index (χ4n) is 3.36. The van der Waals surface area contributed by atoms with Gasteiger partial charge in [0, 0.05) is 6.61 Å². The number of benzene rings is 1. The van der Waals surface area contributed by atoms with E-state index in [-0.39, 0.29) is 0 Å². The molecule has 0 amide bonds. The lowest BCUT2D eigenvalue weighted by molar-refractivity contribution is 0.110. The van der Waals surface area contributed by atoms with E-state index in [2.05, 4.69) is 0 Å². The summed E-state index contributed by atoms with van der Waals surface area (Å²) in [5, 5.41) is 0. The Hall–Kier alpha value is -1.30. The van der Waals surface area contributed by atoms with Crippen LogP contribution in [0.1, 0.15) is 32.1 Å². The molecule has 0 aromatic heterocycles. The number of rotatable bonds is 11.